The highest BCUT2D eigenvalue weighted by atomic mass is 32.1. The number of hydrogen-bond acceptors (Lipinski definition) is 4. The Kier molecular flexibility index (Phi) is 7.67. The first-order valence-electron chi connectivity index (χ1n) is 17.8. The summed E-state index contributed by atoms with van der Waals surface area (Å²) in [6.07, 6.45) is 0. The van der Waals surface area contributed by atoms with Gasteiger partial charge in [0.05, 0.1) is 0 Å². The molecule has 2 aromatic heterocycles. The molecule has 2 heterocycles. The van der Waals surface area contributed by atoms with Crippen molar-refractivity contribution >= 4 is 42.3 Å². The van der Waals surface area contributed by atoms with Crippen molar-refractivity contribution in [3.63, 3.8) is 0 Å². The van der Waals surface area contributed by atoms with E-state index in [4.69, 9.17) is 15.0 Å². The van der Waals surface area contributed by atoms with Crippen molar-refractivity contribution in [2.45, 2.75) is 0 Å². The zero-order chi connectivity index (χ0) is 35.1. The number of hydrogen-bond donors (Lipinski definition) is 0. The van der Waals surface area contributed by atoms with Crippen molar-refractivity contribution in [1.82, 2.24) is 15.0 Å². The number of benzene rings is 8. The van der Waals surface area contributed by atoms with E-state index in [9.17, 15) is 0 Å². The van der Waals surface area contributed by atoms with Crippen LogP contribution in [0.2, 0.25) is 0 Å². The smallest absolute Gasteiger partial charge is 0.165 e. The van der Waals surface area contributed by atoms with Crippen molar-refractivity contribution in [2.24, 2.45) is 0 Å². The van der Waals surface area contributed by atoms with E-state index < -0.39 is 0 Å². The summed E-state index contributed by atoms with van der Waals surface area (Å²) < 4.78 is 2.42. The van der Waals surface area contributed by atoms with E-state index in [-0.39, 0.29) is 0 Å². The second kappa shape index (κ2) is 13.1. The maximum Gasteiger partial charge on any atom is 0.165 e. The molecule has 3 nitrogen and oxygen atoms in total. The summed E-state index contributed by atoms with van der Waals surface area (Å²) in [5.74, 6) is 1.94. The van der Waals surface area contributed by atoms with Crippen LogP contribution in [-0.2, 0) is 0 Å². The predicted molar refractivity (Wildman–Crippen MR) is 223 cm³/mol. The highest BCUT2D eigenvalue weighted by molar-refractivity contribution is 7.26. The van der Waals surface area contributed by atoms with Gasteiger partial charge in [-0.3, -0.25) is 0 Å². The summed E-state index contributed by atoms with van der Waals surface area (Å²) in [7, 11) is 0. The molecule has 53 heavy (non-hydrogen) atoms. The first-order chi connectivity index (χ1) is 26.2. The molecule has 4 heteroatoms. The lowest BCUT2D eigenvalue weighted by Gasteiger charge is -2.12. The molecular formula is C49H31N3S. The molecule has 0 saturated carbocycles. The maximum atomic E-state index is 5.22. The molecule has 0 aliphatic rings. The van der Waals surface area contributed by atoms with Crippen LogP contribution < -0.4 is 0 Å². The predicted octanol–water partition coefficient (Wildman–Crippen LogP) is 13.4. The van der Waals surface area contributed by atoms with Gasteiger partial charge in [0.15, 0.2) is 17.5 Å². The lowest BCUT2D eigenvalue weighted by atomic mass is 9.95. The molecular weight excluding hydrogens is 663 g/mol. The Labute approximate surface area is 311 Å². The van der Waals surface area contributed by atoms with Crippen LogP contribution in [0.3, 0.4) is 0 Å². The quantitative estimate of drug-likeness (QED) is 0.174. The molecule has 0 unspecified atom stereocenters. The fourth-order valence-electron chi connectivity index (χ4n) is 7.33. The van der Waals surface area contributed by atoms with Crippen molar-refractivity contribution in [1.29, 1.82) is 0 Å². The van der Waals surface area contributed by atoms with E-state index in [0.29, 0.717) is 17.5 Å². The van der Waals surface area contributed by atoms with Crippen molar-refractivity contribution in [3.05, 3.63) is 188 Å². The standard InChI is InChI=1S/C49H31N3S/c1-2-13-32(14-3-1)34-17-9-21-38(30-34)47-50-48(52-49(51-47)44-27-12-26-43-42-24-6-7-28-45(42)53-46(43)44)39-22-10-19-36(31-39)35-18-8-20-37(29-35)41-25-11-16-33-15-4-5-23-40(33)41/h1-31H. The van der Waals surface area contributed by atoms with Gasteiger partial charge in [0.2, 0.25) is 0 Å². The molecule has 0 spiro atoms. The Balaban J connectivity index is 1.13. The lowest BCUT2D eigenvalue weighted by molar-refractivity contribution is 1.08. The topological polar surface area (TPSA) is 38.7 Å². The molecule has 248 valence electrons. The van der Waals surface area contributed by atoms with Crippen LogP contribution in [0.1, 0.15) is 0 Å². The summed E-state index contributed by atoms with van der Waals surface area (Å²) in [5.41, 5.74) is 9.80. The molecule has 0 bridgehead atoms. The Morgan fingerprint density at radius 1 is 0.302 bits per heavy atom. The number of rotatable bonds is 6. The van der Waals surface area contributed by atoms with Crippen LogP contribution in [0.5, 0.6) is 0 Å². The van der Waals surface area contributed by atoms with Crippen LogP contribution in [-0.4, -0.2) is 15.0 Å². The van der Waals surface area contributed by atoms with E-state index in [1.54, 1.807) is 11.3 Å². The molecule has 0 aliphatic carbocycles. The summed E-state index contributed by atoms with van der Waals surface area (Å²) in [5, 5.41) is 4.94. The monoisotopic (exact) mass is 693 g/mol. The largest absolute Gasteiger partial charge is 0.208 e. The molecule has 8 aromatic carbocycles. The maximum absolute atomic E-state index is 5.22. The second-order valence-electron chi connectivity index (χ2n) is 13.2. The van der Waals surface area contributed by atoms with Crippen molar-refractivity contribution in [3.8, 4) is 67.5 Å². The van der Waals surface area contributed by atoms with Gasteiger partial charge in [-0.1, -0.05) is 158 Å². The molecule has 0 N–H and O–H groups in total. The van der Waals surface area contributed by atoms with E-state index in [0.717, 1.165) is 38.9 Å². The molecule has 0 atom stereocenters. The minimum absolute atomic E-state index is 0.639. The van der Waals surface area contributed by atoms with Crippen LogP contribution in [0, 0.1) is 0 Å². The Morgan fingerprint density at radius 3 is 1.53 bits per heavy atom. The van der Waals surface area contributed by atoms with Gasteiger partial charge in [0.1, 0.15) is 0 Å². The highest BCUT2D eigenvalue weighted by Gasteiger charge is 2.17. The second-order valence-corrected chi connectivity index (χ2v) is 14.3. The average Bonchev–Trinajstić information content (AvgIpc) is 3.63. The van der Waals surface area contributed by atoms with Crippen LogP contribution >= 0.6 is 11.3 Å². The number of aromatic nitrogens is 3. The van der Waals surface area contributed by atoms with E-state index in [1.165, 1.54) is 42.1 Å². The summed E-state index contributed by atoms with van der Waals surface area (Å²) >= 11 is 1.79. The van der Waals surface area contributed by atoms with Gasteiger partial charge < -0.3 is 0 Å². The minimum atomic E-state index is 0.639. The lowest BCUT2D eigenvalue weighted by Crippen LogP contribution is -2.00. The SMILES string of the molecule is c1ccc(-c2cccc(-c3nc(-c4cccc(-c5cccc(-c6cccc7ccccc67)c5)c4)nc(-c4cccc5c4sc4ccccc45)n3)c2)cc1. The highest BCUT2D eigenvalue weighted by Crippen LogP contribution is 2.40. The normalized spacial score (nSPS) is 11.4. The third-order valence-corrected chi connectivity index (χ3v) is 11.1. The Morgan fingerprint density at radius 2 is 0.774 bits per heavy atom. The summed E-state index contributed by atoms with van der Waals surface area (Å²) in [6.45, 7) is 0. The summed E-state index contributed by atoms with van der Waals surface area (Å²) in [6, 6.07) is 66.4. The minimum Gasteiger partial charge on any atom is -0.208 e. The van der Waals surface area contributed by atoms with E-state index >= 15 is 0 Å². The van der Waals surface area contributed by atoms with Crippen molar-refractivity contribution < 1.29 is 0 Å². The van der Waals surface area contributed by atoms with Gasteiger partial charge in [-0.15, -0.1) is 11.3 Å². The van der Waals surface area contributed by atoms with Gasteiger partial charge in [-0.25, -0.2) is 15.0 Å². The van der Waals surface area contributed by atoms with Gasteiger partial charge in [0.25, 0.3) is 0 Å². The third-order valence-electron chi connectivity index (χ3n) is 9.93. The van der Waals surface area contributed by atoms with Gasteiger partial charge >= 0.3 is 0 Å². The van der Waals surface area contributed by atoms with Crippen LogP contribution in [0.15, 0.2) is 188 Å². The van der Waals surface area contributed by atoms with Crippen LogP contribution in [0.4, 0.5) is 0 Å². The Bertz CT molecular complexity index is 2960. The molecule has 0 radical (unpaired) electrons. The molecule has 0 saturated heterocycles. The van der Waals surface area contributed by atoms with Gasteiger partial charge in [-0.05, 0) is 74.5 Å². The first kappa shape index (κ1) is 31.0. The van der Waals surface area contributed by atoms with Crippen LogP contribution in [0.25, 0.3) is 98.5 Å². The molecule has 10 rings (SSSR count). The van der Waals surface area contributed by atoms with Crippen molar-refractivity contribution in [2.75, 3.05) is 0 Å². The fourth-order valence-corrected chi connectivity index (χ4v) is 8.54. The number of fused-ring (bicyclic) bond motifs is 4. The molecule has 0 fully saturated rings. The zero-order valence-electron chi connectivity index (χ0n) is 28.6. The molecule has 0 aliphatic heterocycles. The third kappa shape index (κ3) is 5.76. The average molecular weight is 694 g/mol. The van der Waals surface area contributed by atoms with Gasteiger partial charge in [0, 0.05) is 36.9 Å². The van der Waals surface area contributed by atoms with E-state index in [1.807, 2.05) is 6.07 Å². The number of nitrogens with zero attached hydrogens (tertiary/aromatic N) is 3. The zero-order valence-corrected chi connectivity index (χ0v) is 29.5. The Hall–Kier alpha value is -6.75. The fraction of sp³-hybridized carbons (Fsp3) is 0. The first-order valence-corrected chi connectivity index (χ1v) is 18.6. The summed E-state index contributed by atoms with van der Waals surface area (Å²) in [4.78, 5) is 15.6. The molecule has 0 amide bonds. The molecule has 10 aromatic rings. The van der Waals surface area contributed by atoms with E-state index in [2.05, 4.69) is 182 Å². The van der Waals surface area contributed by atoms with Gasteiger partial charge in [-0.2, -0.15) is 0 Å². The number of thiophene rings is 1.